The molecule has 0 saturated heterocycles. The summed E-state index contributed by atoms with van der Waals surface area (Å²) in [5, 5.41) is 9.08. The average molecular weight is 464 g/mol. The van der Waals surface area contributed by atoms with Crippen molar-refractivity contribution in [2.45, 2.75) is 13.3 Å². The number of nitrogens with zero attached hydrogens (tertiary/aromatic N) is 1. The van der Waals surface area contributed by atoms with Crippen molar-refractivity contribution in [1.29, 1.82) is 0 Å². The Morgan fingerprint density at radius 1 is 1.12 bits per heavy atom. The summed E-state index contributed by atoms with van der Waals surface area (Å²) in [6.07, 6.45) is 0.800. The molecule has 1 rings (SSSR count). The van der Waals surface area contributed by atoms with Crippen molar-refractivity contribution in [2.75, 3.05) is 47.0 Å². The van der Waals surface area contributed by atoms with E-state index in [0.717, 1.165) is 24.3 Å². The van der Waals surface area contributed by atoms with E-state index in [-0.39, 0.29) is 36.4 Å². The normalized spacial score (nSPS) is 10.6. The maximum Gasteiger partial charge on any atom is 0.241 e. The zero-order valence-electron chi connectivity index (χ0n) is 15.1. The summed E-state index contributed by atoms with van der Waals surface area (Å²) < 4.78 is 10.2. The molecule has 142 valence electrons. The molecule has 3 N–H and O–H groups in total. The molecule has 0 unspecified atom stereocenters. The first-order valence-corrected chi connectivity index (χ1v) is 8.11. The molecule has 25 heavy (non-hydrogen) atoms. The van der Waals surface area contributed by atoms with E-state index in [1.165, 1.54) is 0 Å². The maximum absolute atomic E-state index is 11.7. The molecule has 1 aromatic rings. The van der Waals surface area contributed by atoms with Crippen molar-refractivity contribution in [3.05, 3.63) is 29.8 Å². The molecule has 0 saturated carbocycles. The van der Waals surface area contributed by atoms with Crippen LogP contribution in [-0.4, -0.2) is 58.9 Å². The highest BCUT2D eigenvalue weighted by molar-refractivity contribution is 14.0. The third kappa shape index (κ3) is 10.1. The van der Waals surface area contributed by atoms with Gasteiger partial charge in [-0.1, -0.05) is 18.2 Å². The second kappa shape index (κ2) is 14.8. The summed E-state index contributed by atoms with van der Waals surface area (Å²) in [6, 6.07) is 7.91. The molecule has 0 heterocycles. The molecule has 0 radical (unpaired) electrons. The minimum atomic E-state index is -0.131. The van der Waals surface area contributed by atoms with Crippen molar-refractivity contribution in [1.82, 2.24) is 16.0 Å². The van der Waals surface area contributed by atoms with E-state index >= 15 is 0 Å². The summed E-state index contributed by atoms with van der Waals surface area (Å²) >= 11 is 0. The number of benzene rings is 1. The lowest BCUT2D eigenvalue weighted by molar-refractivity contribution is -0.119. The quantitative estimate of drug-likeness (QED) is 0.210. The molecule has 7 nitrogen and oxygen atoms in total. The van der Waals surface area contributed by atoms with Gasteiger partial charge in [0, 0.05) is 26.7 Å². The van der Waals surface area contributed by atoms with E-state index in [9.17, 15) is 4.79 Å². The Morgan fingerprint density at radius 2 is 1.88 bits per heavy atom. The second-order valence-electron chi connectivity index (χ2n) is 5.03. The van der Waals surface area contributed by atoms with Crippen molar-refractivity contribution >= 4 is 35.8 Å². The number of hydrogen-bond acceptors (Lipinski definition) is 4. The number of methoxy groups -OCH3 is 2. The molecule has 1 aromatic carbocycles. The lowest BCUT2D eigenvalue weighted by Crippen LogP contribution is -2.39. The number of carbonyl (C=O) groups is 1. The minimum absolute atomic E-state index is 0. The maximum atomic E-state index is 11.7. The number of nitrogens with one attached hydrogen (secondary N) is 3. The second-order valence-corrected chi connectivity index (χ2v) is 5.03. The fourth-order valence-corrected chi connectivity index (χ4v) is 2.07. The first-order chi connectivity index (χ1) is 11.7. The molecule has 0 bridgehead atoms. The highest BCUT2D eigenvalue weighted by Gasteiger charge is 2.04. The third-order valence-electron chi connectivity index (χ3n) is 3.23. The van der Waals surface area contributed by atoms with E-state index in [2.05, 4.69) is 20.9 Å². The van der Waals surface area contributed by atoms with E-state index in [4.69, 9.17) is 9.47 Å². The van der Waals surface area contributed by atoms with Gasteiger partial charge in [-0.25, -0.2) is 4.99 Å². The zero-order chi connectivity index (χ0) is 17.6. The van der Waals surface area contributed by atoms with Crippen molar-refractivity contribution in [3.8, 4) is 5.75 Å². The number of halogens is 1. The van der Waals surface area contributed by atoms with Gasteiger partial charge in [0.2, 0.25) is 5.91 Å². The van der Waals surface area contributed by atoms with Crippen LogP contribution >= 0.6 is 24.0 Å². The first kappa shape index (κ1) is 23.4. The number of aliphatic imine (C=N–C) groups is 1. The largest absolute Gasteiger partial charge is 0.496 e. The summed E-state index contributed by atoms with van der Waals surface area (Å²) in [5.41, 5.74) is 1.13. The van der Waals surface area contributed by atoms with Crippen LogP contribution < -0.4 is 20.7 Å². The Kier molecular flexibility index (Phi) is 13.8. The van der Waals surface area contributed by atoms with Crippen molar-refractivity contribution in [2.24, 2.45) is 4.99 Å². The summed E-state index contributed by atoms with van der Waals surface area (Å²) in [7, 11) is 3.26. The van der Waals surface area contributed by atoms with Gasteiger partial charge >= 0.3 is 0 Å². The molecule has 0 aliphatic heterocycles. The Bertz CT molecular complexity index is 526. The van der Waals surface area contributed by atoms with Crippen LogP contribution in [0.1, 0.15) is 12.5 Å². The highest BCUT2D eigenvalue weighted by atomic mass is 127. The van der Waals surface area contributed by atoms with Crippen molar-refractivity contribution in [3.63, 3.8) is 0 Å². The van der Waals surface area contributed by atoms with Crippen LogP contribution in [0, 0.1) is 0 Å². The van der Waals surface area contributed by atoms with E-state index in [0.29, 0.717) is 25.7 Å². The van der Waals surface area contributed by atoms with Crippen LogP contribution in [0.3, 0.4) is 0 Å². The van der Waals surface area contributed by atoms with Crippen LogP contribution in [0.4, 0.5) is 0 Å². The lowest BCUT2D eigenvalue weighted by atomic mass is 10.1. The smallest absolute Gasteiger partial charge is 0.241 e. The SMILES string of the molecule is CCNC(=NCC(=O)NCCOC)NCCc1ccccc1OC.I. The summed E-state index contributed by atoms with van der Waals surface area (Å²) in [4.78, 5) is 15.9. The molecule has 1 amide bonds. The molecule has 0 spiro atoms. The van der Waals surface area contributed by atoms with Crippen LogP contribution in [0.15, 0.2) is 29.3 Å². The number of guanidine groups is 1. The topological polar surface area (TPSA) is 84.0 Å². The van der Waals surface area contributed by atoms with Gasteiger partial charge in [0.05, 0.1) is 13.7 Å². The van der Waals surface area contributed by atoms with Gasteiger partial charge < -0.3 is 25.4 Å². The highest BCUT2D eigenvalue weighted by Crippen LogP contribution is 2.17. The average Bonchev–Trinajstić information content (AvgIpc) is 2.60. The standard InChI is InChI=1S/C17H28N4O3.HI/c1-4-18-17(21-13-16(22)19-11-12-23-2)20-10-9-14-7-5-6-8-15(14)24-3;/h5-8H,4,9-13H2,1-3H3,(H,19,22)(H2,18,20,21);1H. The minimum Gasteiger partial charge on any atom is -0.496 e. The van der Waals surface area contributed by atoms with E-state index < -0.39 is 0 Å². The predicted molar refractivity (Wildman–Crippen MR) is 111 cm³/mol. The number of para-hydroxylation sites is 1. The van der Waals surface area contributed by atoms with E-state index in [1.54, 1.807) is 14.2 Å². The Labute approximate surface area is 167 Å². The molecule has 0 atom stereocenters. The first-order valence-electron chi connectivity index (χ1n) is 8.11. The van der Waals surface area contributed by atoms with Crippen LogP contribution in [0.2, 0.25) is 0 Å². The fourth-order valence-electron chi connectivity index (χ4n) is 2.07. The molecule has 0 aromatic heterocycles. The Balaban J connectivity index is 0.00000576. The van der Waals surface area contributed by atoms with Gasteiger partial charge in [0.25, 0.3) is 0 Å². The van der Waals surface area contributed by atoms with Crippen LogP contribution in [0.25, 0.3) is 0 Å². The van der Waals surface area contributed by atoms with Crippen molar-refractivity contribution < 1.29 is 14.3 Å². The number of carbonyl (C=O) groups excluding carboxylic acids is 1. The molecule has 0 aliphatic carbocycles. The van der Waals surface area contributed by atoms with Gasteiger partial charge in [-0.05, 0) is 25.0 Å². The lowest BCUT2D eigenvalue weighted by Gasteiger charge is -2.12. The monoisotopic (exact) mass is 464 g/mol. The molecule has 8 heteroatoms. The Hall–Kier alpha value is -1.55. The van der Waals surface area contributed by atoms with Gasteiger partial charge in [-0.2, -0.15) is 0 Å². The van der Waals surface area contributed by atoms with Crippen LogP contribution in [-0.2, 0) is 16.0 Å². The number of amides is 1. The van der Waals surface area contributed by atoms with Gasteiger partial charge in [0.15, 0.2) is 5.96 Å². The molecule has 0 aliphatic rings. The Morgan fingerprint density at radius 3 is 2.56 bits per heavy atom. The molecular formula is C17H29IN4O3. The van der Waals surface area contributed by atoms with Gasteiger partial charge in [-0.15, -0.1) is 24.0 Å². The van der Waals surface area contributed by atoms with Crippen LogP contribution in [0.5, 0.6) is 5.75 Å². The fraction of sp³-hybridized carbons (Fsp3) is 0.529. The summed E-state index contributed by atoms with van der Waals surface area (Å²) in [5.74, 6) is 1.36. The molecule has 0 fully saturated rings. The molecular weight excluding hydrogens is 435 g/mol. The zero-order valence-corrected chi connectivity index (χ0v) is 17.5. The number of rotatable bonds is 10. The number of ether oxygens (including phenoxy) is 2. The third-order valence-corrected chi connectivity index (χ3v) is 3.23. The van der Waals surface area contributed by atoms with Gasteiger partial charge in [-0.3, -0.25) is 4.79 Å². The summed E-state index contributed by atoms with van der Waals surface area (Å²) in [6.45, 7) is 4.46. The van der Waals surface area contributed by atoms with Gasteiger partial charge in [0.1, 0.15) is 12.3 Å². The number of hydrogen-bond donors (Lipinski definition) is 3. The predicted octanol–water partition coefficient (Wildman–Crippen LogP) is 1.17. The van der Waals surface area contributed by atoms with E-state index in [1.807, 2.05) is 31.2 Å².